The first-order valence-electron chi connectivity index (χ1n) is 10.2. The molecule has 0 radical (unpaired) electrons. The highest BCUT2D eigenvalue weighted by Gasteiger charge is 2.39. The Morgan fingerprint density at radius 3 is 2.39 bits per heavy atom. The lowest BCUT2D eigenvalue weighted by molar-refractivity contribution is 0.353. The van der Waals surface area contributed by atoms with Crippen LogP contribution in [0.4, 0.5) is 11.4 Å². The maximum atomic E-state index is 6.36. The first kappa shape index (κ1) is 16.1. The van der Waals surface area contributed by atoms with Gasteiger partial charge in [-0.3, -0.25) is 4.98 Å². The quantitative estimate of drug-likeness (QED) is 0.667. The third kappa shape index (κ3) is 2.60. The molecule has 3 aliphatic heterocycles. The summed E-state index contributed by atoms with van der Waals surface area (Å²) in [6, 6.07) is 20.9. The minimum atomic E-state index is 0.509. The minimum Gasteiger partial charge on any atom is -0.453 e. The molecule has 4 heteroatoms. The molecule has 4 heterocycles. The number of para-hydroxylation sites is 2. The Labute approximate surface area is 165 Å². The largest absolute Gasteiger partial charge is 0.453 e. The van der Waals surface area contributed by atoms with E-state index >= 15 is 0 Å². The van der Waals surface area contributed by atoms with Crippen LogP contribution < -0.4 is 15.0 Å². The molecule has 4 nitrogen and oxygen atoms in total. The normalized spacial score (nSPS) is 25.0. The van der Waals surface area contributed by atoms with E-state index in [1.54, 1.807) is 0 Å². The second kappa shape index (κ2) is 6.35. The summed E-state index contributed by atoms with van der Waals surface area (Å²) in [5.74, 6) is 1.90. The van der Waals surface area contributed by atoms with Crippen LogP contribution in [0.3, 0.4) is 0 Å². The van der Waals surface area contributed by atoms with Gasteiger partial charge in [-0.1, -0.05) is 18.2 Å². The molecule has 3 aliphatic rings. The summed E-state index contributed by atoms with van der Waals surface area (Å²) >= 11 is 0. The molecule has 2 unspecified atom stereocenters. The molecule has 28 heavy (non-hydrogen) atoms. The second-order valence-electron chi connectivity index (χ2n) is 8.12. The van der Waals surface area contributed by atoms with E-state index in [1.807, 2.05) is 24.5 Å². The van der Waals surface area contributed by atoms with Crippen molar-refractivity contribution in [1.29, 1.82) is 0 Å². The van der Waals surface area contributed by atoms with E-state index < -0.39 is 0 Å². The van der Waals surface area contributed by atoms with Crippen LogP contribution in [-0.4, -0.2) is 23.1 Å². The molecule has 1 aromatic heterocycles. The van der Waals surface area contributed by atoms with Crippen LogP contribution >= 0.6 is 0 Å². The Kier molecular flexibility index (Phi) is 3.66. The van der Waals surface area contributed by atoms with Crippen LogP contribution in [0.1, 0.15) is 25.7 Å². The Bertz CT molecular complexity index is 1010. The number of piperidine rings is 1. The molecule has 2 aromatic carbocycles. The van der Waals surface area contributed by atoms with E-state index in [1.165, 1.54) is 37.1 Å². The zero-order valence-corrected chi connectivity index (χ0v) is 15.7. The van der Waals surface area contributed by atoms with E-state index in [0.29, 0.717) is 18.1 Å². The summed E-state index contributed by atoms with van der Waals surface area (Å²) < 4.78 is 6.36. The van der Waals surface area contributed by atoms with E-state index in [4.69, 9.17) is 4.74 Å². The Hall–Kier alpha value is -2.85. The molecule has 2 atom stereocenters. The zero-order chi connectivity index (χ0) is 18.5. The summed E-state index contributed by atoms with van der Waals surface area (Å²) in [6.07, 6.45) is 8.67. The van der Waals surface area contributed by atoms with Crippen molar-refractivity contribution >= 4 is 11.4 Å². The number of rotatable bonds is 2. The van der Waals surface area contributed by atoms with E-state index in [-0.39, 0.29) is 0 Å². The summed E-state index contributed by atoms with van der Waals surface area (Å²) in [6.45, 7) is 0. The van der Waals surface area contributed by atoms with E-state index in [0.717, 1.165) is 22.6 Å². The van der Waals surface area contributed by atoms with Crippen molar-refractivity contribution in [3.63, 3.8) is 0 Å². The van der Waals surface area contributed by atoms with Gasteiger partial charge in [-0.25, -0.2) is 0 Å². The monoisotopic (exact) mass is 369 g/mol. The first-order chi connectivity index (χ1) is 13.8. The average molecular weight is 369 g/mol. The van der Waals surface area contributed by atoms with Gasteiger partial charge in [-0.15, -0.1) is 0 Å². The number of benzene rings is 2. The van der Waals surface area contributed by atoms with Crippen molar-refractivity contribution in [3.05, 3.63) is 67.0 Å². The number of nitrogens with one attached hydrogen (secondary N) is 1. The van der Waals surface area contributed by atoms with Gasteiger partial charge >= 0.3 is 0 Å². The number of fused-ring (bicyclic) bond motifs is 4. The SMILES string of the molecule is c1ccc2c(c1)Oc1cc(-c3ccncc3)ccc1N2C1CC2CCC(C1)N2. The molecule has 3 aromatic rings. The number of pyridine rings is 1. The third-order valence-electron chi connectivity index (χ3n) is 6.39. The van der Waals surface area contributed by atoms with Gasteiger partial charge in [0.1, 0.15) is 0 Å². The Morgan fingerprint density at radius 1 is 0.821 bits per heavy atom. The minimum absolute atomic E-state index is 0.509. The van der Waals surface area contributed by atoms with Crippen molar-refractivity contribution in [3.8, 4) is 22.6 Å². The summed E-state index contributed by atoms with van der Waals surface area (Å²) in [5.41, 5.74) is 4.69. The second-order valence-corrected chi connectivity index (χ2v) is 8.12. The van der Waals surface area contributed by atoms with Crippen molar-refractivity contribution < 1.29 is 4.74 Å². The number of hydrogen-bond acceptors (Lipinski definition) is 4. The van der Waals surface area contributed by atoms with Crippen LogP contribution in [-0.2, 0) is 0 Å². The number of ether oxygens (including phenoxy) is 1. The fourth-order valence-electron chi connectivity index (χ4n) is 5.14. The van der Waals surface area contributed by atoms with Gasteiger partial charge < -0.3 is 15.0 Å². The van der Waals surface area contributed by atoms with Crippen molar-refractivity contribution in [2.45, 2.75) is 43.8 Å². The molecule has 0 amide bonds. The topological polar surface area (TPSA) is 37.4 Å². The van der Waals surface area contributed by atoms with Gasteiger partial charge in [-0.05, 0) is 73.2 Å². The lowest BCUT2D eigenvalue weighted by atomic mass is 9.95. The Morgan fingerprint density at radius 2 is 1.57 bits per heavy atom. The van der Waals surface area contributed by atoms with Gasteiger partial charge in [-0.2, -0.15) is 0 Å². The average Bonchev–Trinajstić information content (AvgIpc) is 3.09. The predicted octanol–water partition coefficient (Wildman–Crippen LogP) is 5.28. The lowest BCUT2D eigenvalue weighted by Crippen LogP contribution is -2.47. The van der Waals surface area contributed by atoms with Crippen LogP contribution in [0, 0.1) is 0 Å². The predicted molar refractivity (Wildman–Crippen MR) is 111 cm³/mol. The summed E-state index contributed by atoms with van der Waals surface area (Å²) in [7, 11) is 0. The molecule has 2 saturated heterocycles. The first-order valence-corrected chi connectivity index (χ1v) is 10.2. The molecular weight excluding hydrogens is 346 g/mol. The summed E-state index contributed by atoms with van der Waals surface area (Å²) in [4.78, 5) is 6.67. The molecule has 0 aliphatic carbocycles. The molecule has 2 bridgehead atoms. The van der Waals surface area contributed by atoms with Crippen LogP contribution in [0.5, 0.6) is 11.5 Å². The zero-order valence-electron chi connectivity index (χ0n) is 15.7. The lowest BCUT2D eigenvalue weighted by Gasteiger charge is -2.42. The molecule has 0 saturated carbocycles. The third-order valence-corrected chi connectivity index (χ3v) is 6.39. The Balaban J connectivity index is 1.45. The van der Waals surface area contributed by atoms with Crippen molar-refractivity contribution in [2.24, 2.45) is 0 Å². The molecule has 6 rings (SSSR count). The van der Waals surface area contributed by atoms with E-state index in [2.05, 4.69) is 57.7 Å². The number of nitrogens with zero attached hydrogens (tertiary/aromatic N) is 2. The van der Waals surface area contributed by atoms with Crippen molar-refractivity contribution in [2.75, 3.05) is 4.90 Å². The maximum absolute atomic E-state index is 6.36. The van der Waals surface area contributed by atoms with Gasteiger partial charge in [0.05, 0.1) is 11.4 Å². The van der Waals surface area contributed by atoms with E-state index in [9.17, 15) is 0 Å². The summed E-state index contributed by atoms with van der Waals surface area (Å²) in [5, 5.41) is 3.77. The smallest absolute Gasteiger partial charge is 0.151 e. The number of aromatic nitrogens is 1. The maximum Gasteiger partial charge on any atom is 0.151 e. The fraction of sp³-hybridized carbons (Fsp3) is 0.292. The van der Waals surface area contributed by atoms with Gasteiger partial charge in [0.25, 0.3) is 0 Å². The molecule has 0 spiro atoms. The highest BCUT2D eigenvalue weighted by atomic mass is 16.5. The molecule has 2 fully saturated rings. The number of anilines is 2. The molecular formula is C24H23N3O. The standard InChI is InChI=1S/C24H23N3O/c1-2-4-23-21(3-1)27(20-14-18-6-7-19(15-20)26-18)22-8-5-17(13-24(22)28-23)16-9-11-25-12-10-16/h1-5,8-13,18-20,26H,6-7,14-15H2. The fourth-order valence-corrected chi connectivity index (χ4v) is 5.14. The van der Waals surface area contributed by atoms with Crippen LogP contribution in [0.25, 0.3) is 11.1 Å². The van der Waals surface area contributed by atoms with Crippen LogP contribution in [0.2, 0.25) is 0 Å². The highest BCUT2D eigenvalue weighted by molar-refractivity contribution is 5.81. The van der Waals surface area contributed by atoms with Gasteiger partial charge in [0.2, 0.25) is 0 Å². The van der Waals surface area contributed by atoms with Gasteiger partial charge in [0.15, 0.2) is 11.5 Å². The number of hydrogen-bond donors (Lipinski definition) is 1. The van der Waals surface area contributed by atoms with Gasteiger partial charge in [0, 0.05) is 30.5 Å². The molecule has 1 N–H and O–H groups in total. The van der Waals surface area contributed by atoms with Crippen LogP contribution in [0.15, 0.2) is 67.0 Å². The van der Waals surface area contributed by atoms with Crippen molar-refractivity contribution in [1.82, 2.24) is 10.3 Å². The highest BCUT2D eigenvalue weighted by Crippen LogP contribution is 2.50. The molecule has 140 valence electrons.